The first-order valence-corrected chi connectivity index (χ1v) is 9.27. The van der Waals surface area contributed by atoms with Crippen LogP contribution in [0.2, 0.25) is 0 Å². The van der Waals surface area contributed by atoms with Crippen molar-refractivity contribution in [1.82, 2.24) is 30.3 Å². The smallest absolute Gasteiger partial charge is 0.243 e. The fraction of sp³-hybridized carbons (Fsp3) is 0.765. The fourth-order valence-electron chi connectivity index (χ4n) is 3.20. The molecular formula is C17H30IN7O2. The second-order valence-corrected chi connectivity index (χ2v) is 7.12. The molecule has 1 aromatic heterocycles. The van der Waals surface area contributed by atoms with Gasteiger partial charge in [0.05, 0.1) is 6.54 Å². The molecule has 2 aliphatic rings. The summed E-state index contributed by atoms with van der Waals surface area (Å²) in [7, 11) is 3.49. The van der Waals surface area contributed by atoms with Crippen molar-refractivity contribution in [3.8, 4) is 0 Å². The Hall–Kier alpha value is -1.43. The first kappa shape index (κ1) is 21.9. The number of hydrogen-bond donors (Lipinski definition) is 2. The Bertz CT molecular complexity index is 656. The lowest BCUT2D eigenvalue weighted by Crippen LogP contribution is -2.51. The molecule has 10 heteroatoms. The van der Waals surface area contributed by atoms with E-state index in [4.69, 9.17) is 4.74 Å². The number of nitrogens with one attached hydrogen (secondary N) is 2. The second kappa shape index (κ2) is 10.2. The summed E-state index contributed by atoms with van der Waals surface area (Å²) in [4.78, 5) is 22.4. The van der Waals surface area contributed by atoms with Gasteiger partial charge in [0.15, 0.2) is 5.96 Å². The van der Waals surface area contributed by atoms with Crippen LogP contribution < -0.4 is 10.6 Å². The van der Waals surface area contributed by atoms with Crippen LogP contribution in [-0.4, -0.2) is 77.5 Å². The predicted octanol–water partition coefficient (Wildman–Crippen LogP) is 0.322. The number of ether oxygens (including phenoxy) is 1. The standard InChI is InChI=1S/C17H29N7O2.HI/c1-12-19-15-5-4-14(11-24(15)22-12)21-17(18-10-16(25)23(2)3)20-13-6-8-26-9-7-13;/h13-14H,4-11H2,1-3H3,(H2,18,20,21);1H. The van der Waals surface area contributed by atoms with Crippen LogP contribution in [0.4, 0.5) is 0 Å². The lowest BCUT2D eigenvalue weighted by molar-refractivity contribution is -0.127. The summed E-state index contributed by atoms with van der Waals surface area (Å²) in [6.45, 7) is 4.32. The van der Waals surface area contributed by atoms with Crippen LogP contribution in [-0.2, 0) is 22.5 Å². The van der Waals surface area contributed by atoms with E-state index < -0.39 is 0 Å². The monoisotopic (exact) mass is 491 g/mol. The van der Waals surface area contributed by atoms with Crippen LogP contribution in [0.25, 0.3) is 0 Å². The molecule has 3 heterocycles. The van der Waals surface area contributed by atoms with Gasteiger partial charge in [-0.3, -0.25) is 4.79 Å². The van der Waals surface area contributed by atoms with E-state index in [9.17, 15) is 4.79 Å². The molecular weight excluding hydrogens is 461 g/mol. The lowest BCUT2D eigenvalue weighted by Gasteiger charge is -2.29. The summed E-state index contributed by atoms with van der Waals surface area (Å²) >= 11 is 0. The van der Waals surface area contributed by atoms with Crippen molar-refractivity contribution in [1.29, 1.82) is 0 Å². The van der Waals surface area contributed by atoms with Crippen LogP contribution in [0.15, 0.2) is 4.99 Å². The van der Waals surface area contributed by atoms with E-state index >= 15 is 0 Å². The Morgan fingerprint density at radius 3 is 2.67 bits per heavy atom. The van der Waals surface area contributed by atoms with Crippen LogP contribution in [0.3, 0.4) is 0 Å². The van der Waals surface area contributed by atoms with Gasteiger partial charge in [-0.05, 0) is 26.2 Å². The molecule has 0 bridgehead atoms. The number of hydrogen-bond acceptors (Lipinski definition) is 5. The molecule has 1 fully saturated rings. The first-order valence-electron chi connectivity index (χ1n) is 9.27. The number of nitrogens with zero attached hydrogens (tertiary/aromatic N) is 5. The molecule has 1 aromatic rings. The first-order chi connectivity index (χ1) is 12.5. The zero-order valence-corrected chi connectivity index (χ0v) is 18.6. The third-order valence-corrected chi connectivity index (χ3v) is 4.74. The lowest BCUT2D eigenvalue weighted by atomic mass is 10.1. The molecule has 1 saturated heterocycles. The van der Waals surface area contributed by atoms with Gasteiger partial charge in [0.1, 0.15) is 18.2 Å². The number of aromatic nitrogens is 3. The number of halogens is 1. The number of carbonyl (C=O) groups excluding carboxylic acids is 1. The topological polar surface area (TPSA) is 96.7 Å². The molecule has 3 rings (SSSR count). The maximum Gasteiger partial charge on any atom is 0.243 e. The summed E-state index contributed by atoms with van der Waals surface area (Å²) in [6, 6.07) is 0.529. The van der Waals surface area contributed by atoms with Crippen molar-refractivity contribution >= 4 is 35.8 Å². The van der Waals surface area contributed by atoms with Gasteiger partial charge in [-0.1, -0.05) is 0 Å². The highest BCUT2D eigenvalue weighted by molar-refractivity contribution is 14.0. The second-order valence-electron chi connectivity index (χ2n) is 7.12. The Morgan fingerprint density at radius 2 is 1.96 bits per heavy atom. The molecule has 152 valence electrons. The number of rotatable bonds is 4. The van der Waals surface area contributed by atoms with Crippen LogP contribution in [0.1, 0.15) is 30.9 Å². The minimum atomic E-state index is -0.0177. The van der Waals surface area contributed by atoms with Crippen LogP contribution in [0, 0.1) is 6.92 Å². The largest absolute Gasteiger partial charge is 0.381 e. The number of amides is 1. The van der Waals surface area contributed by atoms with Gasteiger partial charge >= 0.3 is 0 Å². The summed E-state index contributed by atoms with van der Waals surface area (Å²) in [5.74, 6) is 2.53. The highest BCUT2D eigenvalue weighted by Gasteiger charge is 2.23. The van der Waals surface area contributed by atoms with E-state index in [1.807, 2.05) is 11.6 Å². The third kappa shape index (κ3) is 6.30. The molecule has 0 aliphatic carbocycles. The normalized spacial score (nSPS) is 20.4. The average molecular weight is 491 g/mol. The average Bonchev–Trinajstić information content (AvgIpc) is 2.99. The molecule has 1 atom stereocenters. The zero-order chi connectivity index (χ0) is 18.5. The zero-order valence-electron chi connectivity index (χ0n) is 16.3. The minimum absolute atomic E-state index is 0. The molecule has 1 unspecified atom stereocenters. The summed E-state index contributed by atoms with van der Waals surface area (Å²) in [5, 5.41) is 11.4. The number of guanidine groups is 1. The predicted molar refractivity (Wildman–Crippen MR) is 113 cm³/mol. The molecule has 0 radical (unpaired) electrons. The van der Waals surface area contributed by atoms with Gasteiger partial charge < -0.3 is 20.3 Å². The maximum absolute atomic E-state index is 11.9. The fourth-order valence-corrected chi connectivity index (χ4v) is 3.20. The van der Waals surface area contributed by atoms with Crippen molar-refractivity contribution < 1.29 is 9.53 Å². The number of fused-ring (bicyclic) bond motifs is 1. The van der Waals surface area contributed by atoms with E-state index in [2.05, 4.69) is 25.7 Å². The van der Waals surface area contributed by atoms with Crippen molar-refractivity contribution in [3.63, 3.8) is 0 Å². The number of carbonyl (C=O) groups is 1. The number of aliphatic imine (C=N–C) groups is 1. The molecule has 27 heavy (non-hydrogen) atoms. The Balaban J connectivity index is 0.00000261. The van der Waals surface area contributed by atoms with E-state index in [1.165, 1.54) is 0 Å². The summed E-state index contributed by atoms with van der Waals surface area (Å²) < 4.78 is 7.39. The molecule has 1 amide bonds. The molecule has 9 nitrogen and oxygen atoms in total. The minimum Gasteiger partial charge on any atom is -0.381 e. The van der Waals surface area contributed by atoms with E-state index in [-0.39, 0.29) is 42.5 Å². The number of aryl methyl sites for hydroxylation is 2. The quantitative estimate of drug-likeness (QED) is 0.358. The van der Waals surface area contributed by atoms with Crippen LogP contribution in [0.5, 0.6) is 0 Å². The highest BCUT2D eigenvalue weighted by Crippen LogP contribution is 2.13. The Morgan fingerprint density at radius 1 is 1.26 bits per heavy atom. The van der Waals surface area contributed by atoms with Gasteiger partial charge in [0.2, 0.25) is 5.91 Å². The van der Waals surface area contributed by atoms with Crippen LogP contribution >= 0.6 is 24.0 Å². The SMILES string of the molecule is Cc1nc2n(n1)CC(NC(=NCC(=O)N(C)C)NC1CCOCC1)CC2.I. The van der Waals surface area contributed by atoms with Gasteiger partial charge in [-0.25, -0.2) is 14.7 Å². The van der Waals surface area contributed by atoms with Gasteiger partial charge in [0.25, 0.3) is 0 Å². The molecule has 2 N–H and O–H groups in total. The van der Waals surface area contributed by atoms with Gasteiger partial charge in [-0.15, -0.1) is 24.0 Å². The molecule has 0 spiro atoms. The van der Waals surface area contributed by atoms with Crippen molar-refractivity contribution in [2.75, 3.05) is 33.9 Å². The Labute approximate surface area is 177 Å². The van der Waals surface area contributed by atoms with Crippen molar-refractivity contribution in [3.05, 3.63) is 11.6 Å². The van der Waals surface area contributed by atoms with Crippen molar-refractivity contribution in [2.24, 2.45) is 4.99 Å². The molecule has 0 saturated carbocycles. The maximum atomic E-state index is 11.9. The van der Waals surface area contributed by atoms with E-state index in [1.54, 1.807) is 19.0 Å². The highest BCUT2D eigenvalue weighted by atomic mass is 127. The summed E-state index contributed by atoms with van der Waals surface area (Å²) in [5.41, 5.74) is 0. The van der Waals surface area contributed by atoms with E-state index in [0.717, 1.165) is 57.1 Å². The van der Waals surface area contributed by atoms with Gasteiger partial charge in [0, 0.05) is 45.8 Å². The Kier molecular flexibility index (Phi) is 8.27. The van der Waals surface area contributed by atoms with E-state index in [0.29, 0.717) is 12.0 Å². The third-order valence-electron chi connectivity index (χ3n) is 4.74. The summed E-state index contributed by atoms with van der Waals surface area (Å²) in [6.07, 6.45) is 3.74. The van der Waals surface area contributed by atoms with Crippen molar-refractivity contribution in [2.45, 2.75) is 51.2 Å². The number of likely N-dealkylation sites (N-methyl/N-ethyl adjacent to an activating group) is 1. The molecule has 0 aromatic carbocycles. The molecule has 2 aliphatic heterocycles. The van der Waals surface area contributed by atoms with Gasteiger partial charge in [-0.2, -0.15) is 5.10 Å².